The Morgan fingerprint density at radius 1 is 1.30 bits per heavy atom. The maximum absolute atomic E-state index is 12.4. The molecule has 23 heavy (non-hydrogen) atoms. The number of amides is 1. The van der Waals surface area contributed by atoms with Gasteiger partial charge in [-0.25, -0.2) is 4.98 Å². The van der Waals surface area contributed by atoms with E-state index in [1.165, 1.54) is 11.3 Å². The van der Waals surface area contributed by atoms with Gasteiger partial charge in [-0.1, -0.05) is 24.2 Å². The molecule has 0 saturated heterocycles. The molecular formula is C16H17N2O4S-. The number of hydrogen-bond acceptors (Lipinski definition) is 6. The van der Waals surface area contributed by atoms with Crippen LogP contribution in [0.4, 0.5) is 5.13 Å². The molecule has 1 aliphatic carbocycles. The number of aliphatic carboxylic acids is 1. The van der Waals surface area contributed by atoms with Crippen molar-refractivity contribution in [1.82, 2.24) is 4.98 Å². The molecule has 6 nitrogen and oxygen atoms in total. The summed E-state index contributed by atoms with van der Waals surface area (Å²) >= 11 is 1.34. The summed E-state index contributed by atoms with van der Waals surface area (Å²) in [4.78, 5) is 28.0. The predicted octanol–water partition coefficient (Wildman–Crippen LogP) is 1.80. The number of carbonyl (C=O) groups excluding carboxylic acids is 2. The summed E-state index contributed by atoms with van der Waals surface area (Å²) in [6.07, 6.45) is 2.75. The lowest BCUT2D eigenvalue weighted by Crippen LogP contribution is -2.42. The van der Waals surface area contributed by atoms with E-state index in [0.717, 1.165) is 28.8 Å². The van der Waals surface area contributed by atoms with Crippen LogP contribution in [0.25, 0.3) is 10.2 Å². The number of nitrogens with one attached hydrogen (secondary N) is 1. The Morgan fingerprint density at radius 2 is 2.04 bits per heavy atom. The van der Waals surface area contributed by atoms with Crippen molar-refractivity contribution < 1.29 is 19.4 Å². The first-order chi connectivity index (χ1) is 11.1. The highest BCUT2D eigenvalue weighted by Gasteiger charge is 2.32. The molecule has 1 aromatic carbocycles. The van der Waals surface area contributed by atoms with Gasteiger partial charge in [-0.05, 0) is 31.0 Å². The van der Waals surface area contributed by atoms with Crippen molar-refractivity contribution in [2.45, 2.75) is 25.7 Å². The van der Waals surface area contributed by atoms with E-state index in [1.54, 1.807) is 13.2 Å². The summed E-state index contributed by atoms with van der Waals surface area (Å²) < 4.78 is 6.07. The van der Waals surface area contributed by atoms with Crippen LogP contribution in [0.15, 0.2) is 18.2 Å². The Morgan fingerprint density at radius 3 is 2.74 bits per heavy atom. The van der Waals surface area contributed by atoms with Crippen molar-refractivity contribution in [3.05, 3.63) is 18.2 Å². The van der Waals surface area contributed by atoms with Crippen LogP contribution in [0.2, 0.25) is 0 Å². The lowest BCUT2D eigenvalue weighted by Gasteiger charge is -2.30. The molecule has 0 spiro atoms. The summed E-state index contributed by atoms with van der Waals surface area (Å²) in [5.41, 5.74) is 0.770. The zero-order valence-corrected chi connectivity index (χ0v) is 13.5. The molecule has 2 aromatic rings. The molecule has 1 aromatic heterocycles. The highest BCUT2D eigenvalue weighted by Crippen LogP contribution is 2.33. The van der Waals surface area contributed by atoms with Crippen LogP contribution in [-0.4, -0.2) is 24.0 Å². The first kappa shape index (κ1) is 15.7. The van der Waals surface area contributed by atoms with Crippen LogP contribution < -0.4 is 15.2 Å². The van der Waals surface area contributed by atoms with Crippen LogP contribution in [0.5, 0.6) is 5.75 Å². The zero-order valence-electron chi connectivity index (χ0n) is 12.7. The minimum Gasteiger partial charge on any atom is -0.550 e. The summed E-state index contributed by atoms with van der Waals surface area (Å²) in [5, 5.41) is 14.4. The van der Waals surface area contributed by atoms with Crippen molar-refractivity contribution in [1.29, 1.82) is 0 Å². The van der Waals surface area contributed by atoms with E-state index >= 15 is 0 Å². The standard InChI is InChI=1S/C16H18N2O4S/c1-22-9-6-7-12-13(8-9)23-16(17-12)18-14(19)10-4-2-3-5-11(10)15(20)21/h6-8,10-11H,2-5H2,1H3,(H,20,21)(H,17,18,19)/p-1/t10-,11-/m0/s1. The highest BCUT2D eigenvalue weighted by atomic mass is 32.1. The molecule has 1 heterocycles. The van der Waals surface area contributed by atoms with Crippen LogP contribution in [-0.2, 0) is 9.59 Å². The summed E-state index contributed by atoms with van der Waals surface area (Å²) in [6, 6.07) is 5.49. The number of ether oxygens (including phenoxy) is 1. The third-order valence-corrected chi connectivity index (χ3v) is 5.16. The van der Waals surface area contributed by atoms with Crippen molar-refractivity contribution >= 4 is 38.6 Å². The second kappa shape index (κ2) is 6.54. The number of methoxy groups -OCH3 is 1. The fourth-order valence-electron chi connectivity index (χ4n) is 3.01. The van der Waals surface area contributed by atoms with E-state index in [0.29, 0.717) is 18.0 Å². The van der Waals surface area contributed by atoms with Gasteiger partial charge < -0.3 is 20.0 Å². The van der Waals surface area contributed by atoms with Gasteiger partial charge in [0.1, 0.15) is 5.75 Å². The number of benzene rings is 1. The lowest BCUT2D eigenvalue weighted by molar-refractivity contribution is -0.313. The van der Waals surface area contributed by atoms with E-state index in [2.05, 4.69) is 10.3 Å². The molecular weight excluding hydrogens is 316 g/mol. The summed E-state index contributed by atoms with van der Waals surface area (Å²) in [7, 11) is 1.59. The van der Waals surface area contributed by atoms with Crippen molar-refractivity contribution in [3.8, 4) is 5.75 Å². The van der Waals surface area contributed by atoms with E-state index in [1.807, 2.05) is 12.1 Å². The quantitative estimate of drug-likeness (QED) is 0.921. The fourth-order valence-corrected chi connectivity index (χ4v) is 3.91. The molecule has 7 heteroatoms. The van der Waals surface area contributed by atoms with Crippen molar-refractivity contribution in [2.24, 2.45) is 11.8 Å². The molecule has 3 rings (SSSR count). The maximum atomic E-state index is 12.4. The minimum absolute atomic E-state index is 0.287. The topological polar surface area (TPSA) is 91.3 Å². The molecule has 1 amide bonds. The van der Waals surface area contributed by atoms with Gasteiger partial charge >= 0.3 is 0 Å². The molecule has 122 valence electrons. The fraction of sp³-hybridized carbons (Fsp3) is 0.438. The van der Waals surface area contributed by atoms with Crippen LogP contribution in [0.3, 0.4) is 0 Å². The Balaban J connectivity index is 1.77. The normalized spacial score (nSPS) is 21.1. The molecule has 2 atom stereocenters. The molecule has 0 unspecified atom stereocenters. The second-order valence-corrected chi connectivity index (χ2v) is 6.69. The molecule has 1 N–H and O–H groups in total. The number of carboxylic acid groups (broad SMARTS) is 1. The van der Waals surface area contributed by atoms with Crippen LogP contribution >= 0.6 is 11.3 Å². The number of thiazole rings is 1. The Hall–Kier alpha value is -2.15. The number of aromatic nitrogens is 1. The van der Waals surface area contributed by atoms with E-state index in [-0.39, 0.29) is 5.91 Å². The Bertz CT molecular complexity index is 743. The van der Waals surface area contributed by atoms with Gasteiger partial charge in [0.2, 0.25) is 5.91 Å². The average Bonchev–Trinajstić information content (AvgIpc) is 2.95. The van der Waals surface area contributed by atoms with Gasteiger partial charge in [-0.15, -0.1) is 0 Å². The average molecular weight is 333 g/mol. The van der Waals surface area contributed by atoms with Crippen molar-refractivity contribution in [2.75, 3.05) is 12.4 Å². The predicted molar refractivity (Wildman–Crippen MR) is 85.3 cm³/mol. The van der Waals surface area contributed by atoms with Crippen LogP contribution in [0, 0.1) is 11.8 Å². The third-order valence-electron chi connectivity index (χ3n) is 4.23. The van der Waals surface area contributed by atoms with Gasteiger partial charge in [0.15, 0.2) is 5.13 Å². The van der Waals surface area contributed by atoms with E-state index in [9.17, 15) is 14.7 Å². The Kier molecular flexibility index (Phi) is 4.47. The molecule has 1 fully saturated rings. The molecule has 0 aliphatic heterocycles. The molecule has 1 aliphatic rings. The van der Waals surface area contributed by atoms with E-state index < -0.39 is 17.8 Å². The van der Waals surface area contributed by atoms with Gasteiger partial charge in [0.05, 0.1) is 17.3 Å². The third kappa shape index (κ3) is 3.29. The number of nitrogens with zero attached hydrogens (tertiary/aromatic N) is 1. The second-order valence-electron chi connectivity index (χ2n) is 5.66. The molecule has 0 bridgehead atoms. The number of hydrogen-bond donors (Lipinski definition) is 1. The number of fused-ring (bicyclic) bond motifs is 1. The zero-order chi connectivity index (χ0) is 16.4. The van der Waals surface area contributed by atoms with Gasteiger partial charge in [0, 0.05) is 17.8 Å². The number of carbonyl (C=O) groups is 2. The monoisotopic (exact) mass is 333 g/mol. The largest absolute Gasteiger partial charge is 0.550 e. The molecule has 1 saturated carbocycles. The number of anilines is 1. The Labute approximate surface area is 137 Å². The van der Waals surface area contributed by atoms with E-state index in [4.69, 9.17) is 4.74 Å². The first-order valence-corrected chi connectivity index (χ1v) is 8.36. The molecule has 0 radical (unpaired) electrons. The number of carboxylic acids is 1. The van der Waals surface area contributed by atoms with Crippen LogP contribution in [0.1, 0.15) is 25.7 Å². The van der Waals surface area contributed by atoms with Gasteiger partial charge in [0.25, 0.3) is 0 Å². The van der Waals surface area contributed by atoms with Gasteiger partial charge in [-0.3, -0.25) is 4.79 Å². The summed E-state index contributed by atoms with van der Waals surface area (Å²) in [5.74, 6) is -1.96. The summed E-state index contributed by atoms with van der Waals surface area (Å²) in [6.45, 7) is 0. The van der Waals surface area contributed by atoms with Crippen molar-refractivity contribution in [3.63, 3.8) is 0 Å². The minimum atomic E-state index is -1.14. The maximum Gasteiger partial charge on any atom is 0.229 e. The lowest BCUT2D eigenvalue weighted by atomic mass is 9.79. The SMILES string of the molecule is COc1ccc2nc(NC(=O)[C@H]3CCCC[C@@H]3C(=O)[O-])sc2c1. The highest BCUT2D eigenvalue weighted by molar-refractivity contribution is 7.22. The number of rotatable bonds is 4. The first-order valence-electron chi connectivity index (χ1n) is 7.55. The smallest absolute Gasteiger partial charge is 0.229 e. The van der Waals surface area contributed by atoms with Gasteiger partial charge in [-0.2, -0.15) is 0 Å².